The Morgan fingerprint density at radius 3 is 2.15 bits per heavy atom. The van der Waals surface area contributed by atoms with Gasteiger partial charge in [-0.3, -0.25) is 4.79 Å². The highest BCUT2D eigenvalue weighted by Crippen LogP contribution is 2.18. The zero-order valence-electron chi connectivity index (χ0n) is 18.4. The quantitative estimate of drug-likeness (QED) is 0.514. The van der Waals surface area contributed by atoms with E-state index in [-0.39, 0.29) is 11.7 Å². The lowest BCUT2D eigenvalue weighted by atomic mass is 10.1. The fraction of sp³-hybridized carbons (Fsp3) is 0.269. The zero-order chi connectivity index (χ0) is 23.1. The second-order valence-corrected chi connectivity index (χ2v) is 11.3. The molecule has 0 saturated carbocycles. The molecule has 1 heterocycles. The van der Waals surface area contributed by atoms with Crippen LogP contribution in [-0.2, 0) is 22.0 Å². The van der Waals surface area contributed by atoms with Gasteiger partial charge in [0.15, 0.2) is 9.84 Å². The van der Waals surface area contributed by atoms with E-state index >= 15 is 0 Å². The minimum atomic E-state index is -3.42. The maximum Gasteiger partial charge on any atom is 0.255 e. The topological polar surface area (TPSA) is 66.5 Å². The van der Waals surface area contributed by atoms with Crippen LogP contribution < -0.4 is 5.32 Å². The SMILES string of the molecule is O=C(Nc1ccc(CCN2CCSCC2)cc1)c1ccc(CS(=O)(=O)c2ccccc2)cc1. The first kappa shape index (κ1) is 23.5. The third-order valence-corrected chi connectivity index (χ3v) is 8.35. The number of hydrogen-bond donors (Lipinski definition) is 1. The summed E-state index contributed by atoms with van der Waals surface area (Å²) in [5.41, 5.74) is 3.14. The number of nitrogens with zero attached hydrogens (tertiary/aromatic N) is 1. The van der Waals surface area contributed by atoms with Crippen molar-refractivity contribution in [3.63, 3.8) is 0 Å². The highest BCUT2D eigenvalue weighted by atomic mass is 32.2. The molecule has 1 aliphatic rings. The van der Waals surface area contributed by atoms with E-state index in [4.69, 9.17) is 0 Å². The molecule has 0 atom stereocenters. The molecule has 172 valence electrons. The molecule has 3 aromatic carbocycles. The van der Waals surface area contributed by atoms with Gasteiger partial charge in [-0.25, -0.2) is 8.42 Å². The number of carbonyl (C=O) groups is 1. The number of nitrogens with one attached hydrogen (secondary N) is 1. The van der Waals surface area contributed by atoms with E-state index in [9.17, 15) is 13.2 Å². The molecule has 1 aliphatic heterocycles. The molecule has 5 nitrogen and oxygen atoms in total. The number of benzene rings is 3. The van der Waals surface area contributed by atoms with Gasteiger partial charge in [-0.05, 0) is 53.9 Å². The summed E-state index contributed by atoms with van der Waals surface area (Å²) in [7, 11) is -3.42. The number of thioether (sulfide) groups is 1. The van der Waals surface area contributed by atoms with Crippen molar-refractivity contribution < 1.29 is 13.2 Å². The summed E-state index contributed by atoms with van der Waals surface area (Å²) in [6, 6.07) is 23.1. The minimum absolute atomic E-state index is 0.101. The molecule has 3 aromatic rings. The molecular weight excluding hydrogens is 452 g/mol. The Morgan fingerprint density at radius 2 is 1.48 bits per heavy atom. The van der Waals surface area contributed by atoms with Crippen LogP contribution in [-0.4, -0.2) is 50.4 Å². The lowest BCUT2D eigenvalue weighted by molar-refractivity contribution is 0.102. The number of hydrogen-bond acceptors (Lipinski definition) is 5. The van der Waals surface area contributed by atoms with Crippen LogP contribution in [0.5, 0.6) is 0 Å². The molecule has 0 unspecified atom stereocenters. The first-order chi connectivity index (χ1) is 16.0. The number of anilines is 1. The van der Waals surface area contributed by atoms with Crippen molar-refractivity contribution in [1.29, 1.82) is 0 Å². The molecule has 1 amide bonds. The van der Waals surface area contributed by atoms with Crippen LogP contribution in [0.3, 0.4) is 0 Å². The smallest absolute Gasteiger partial charge is 0.255 e. The lowest BCUT2D eigenvalue weighted by Gasteiger charge is -2.26. The van der Waals surface area contributed by atoms with Gasteiger partial charge < -0.3 is 10.2 Å². The van der Waals surface area contributed by atoms with Crippen molar-refractivity contribution >= 4 is 33.2 Å². The molecule has 0 radical (unpaired) electrons. The van der Waals surface area contributed by atoms with Crippen LogP contribution in [0, 0.1) is 0 Å². The largest absolute Gasteiger partial charge is 0.322 e. The summed E-state index contributed by atoms with van der Waals surface area (Å²) in [6.07, 6.45) is 1.01. The van der Waals surface area contributed by atoms with Crippen LogP contribution >= 0.6 is 11.8 Å². The van der Waals surface area contributed by atoms with E-state index in [1.165, 1.54) is 17.1 Å². The molecule has 0 aromatic heterocycles. The first-order valence-corrected chi connectivity index (χ1v) is 13.9. The normalized spacial score (nSPS) is 14.7. The zero-order valence-corrected chi connectivity index (χ0v) is 20.1. The number of rotatable bonds is 8. The molecular formula is C26H28N2O3S2. The van der Waals surface area contributed by atoms with Crippen LogP contribution in [0.1, 0.15) is 21.5 Å². The summed E-state index contributed by atoms with van der Waals surface area (Å²) < 4.78 is 25.1. The van der Waals surface area contributed by atoms with Crippen LogP contribution in [0.25, 0.3) is 0 Å². The molecule has 7 heteroatoms. The summed E-state index contributed by atoms with van der Waals surface area (Å²) in [6.45, 7) is 3.39. The molecule has 0 spiro atoms. The van der Waals surface area contributed by atoms with E-state index in [0.29, 0.717) is 16.0 Å². The first-order valence-electron chi connectivity index (χ1n) is 11.1. The highest BCUT2D eigenvalue weighted by molar-refractivity contribution is 7.99. The third-order valence-electron chi connectivity index (χ3n) is 5.71. The molecule has 1 fully saturated rings. The molecule has 4 rings (SSSR count). The lowest BCUT2D eigenvalue weighted by Crippen LogP contribution is -2.34. The van der Waals surface area contributed by atoms with Crippen molar-refractivity contribution in [2.45, 2.75) is 17.1 Å². The van der Waals surface area contributed by atoms with E-state index in [1.54, 1.807) is 54.6 Å². The van der Waals surface area contributed by atoms with E-state index in [0.717, 1.165) is 31.7 Å². The second-order valence-electron chi connectivity index (χ2n) is 8.12. The third kappa shape index (κ3) is 6.69. The van der Waals surface area contributed by atoms with Gasteiger partial charge in [0.1, 0.15) is 0 Å². The van der Waals surface area contributed by atoms with Gasteiger partial charge in [0, 0.05) is 42.4 Å². The van der Waals surface area contributed by atoms with Crippen molar-refractivity contribution in [2.75, 3.05) is 36.5 Å². The summed E-state index contributed by atoms with van der Waals surface area (Å²) >= 11 is 2.02. The number of amides is 1. The maximum absolute atomic E-state index is 12.6. The average molecular weight is 481 g/mol. The number of carbonyl (C=O) groups excluding carboxylic acids is 1. The van der Waals surface area contributed by atoms with Crippen molar-refractivity contribution in [3.05, 3.63) is 95.6 Å². The Labute approximate surface area is 200 Å². The van der Waals surface area contributed by atoms with E-state index in [1.807, 2.05) is 23.9 Å². The predicted molar refractivity (Wildman–Crippen MR) is 136 cm³/mol. The van der Waals surface area contributed by atoms with E-state index < -0.39 is 9.84 Å². The molecule has 0 bridgehead atoms. The highest BCUT2D eigenvalue weighted by Gasteiger charge is 2.15. The predicted octanol–water partition coefficient (Wildman–Crippen LogP) is 4.50. The van der Waals surface area contributed by atoms with Crippen LogP contribution in [0.4, 0.5) is 5.69 Å². The Morgan fingerprint density at radius 1 is 0.848 bits per heavy atom. The summed E-state index contributed by atoms with van der Waals surface area (Å²) in [4.78, 5) is 15.4. The molecule has 1 N–H and O–H groups in total. The Kier molecular flexibility index (Phi) is 7.85. The van der Waals surface area contributed by atoms with Crippen molar-refractivity contribution in [3.8, 4) is 0 Å². The maximum atomic E-state index is 12.6. The monoisotopic (exact) mass is 480 g/mol. The van der Waals surface area contributed by atoms with E-state index in [2.05, 4.69) is 22.3 Å². The molecule has 1 saturated heterocycles. The Hall–Kier alpha value is -2.61. The van der Waals surface area contributed by atoms with Gasteiger partial charge in [0.05, 0.1) is 10.6 Å². The fourth-order valence-electron chi connectivity index (χ4n) is 3.75. The van der Waals surface area contributed by atoms with Crippen molar-refractivity contribution in [1.82, 2.24) is 4.90 Å². The average Bonchev–Trinajstić information content (AvgIpc) is 2.85. The number of sulfone groups is 1. The van der Waals surface area contributed by atoms with Gasteiger partial charge in [-0.1, -0.05) is 42.5 Å². The van der Waals surface area contributed by atoms with Gasteiger partial charge in [0.25, 0.3) is 5.91 Å². The standard InChI is InChI=1S/C26H28N2O3S2/c29-26(27-24-12-8-21(9-13-24)14-15-28-16-18-32-19-17-28)23-10-6-22(7-11-23)20-33(30,31)25-4-2-1-3-5-25/h1-13H,14-20H2,(H,27,29). The van der Waals surface area contributed by atoms with Crippen molar-refractivity contribution in [2.24, 2.45) is 0 Å². The molecule has 0 aliphatic carbocycles. The fourth-order valence-corrected chi connectivity index (χ4v) is 6.10. The molecule has 33 heavy (non-hydrogen) atoms. The van der Waals surface area contributed by atoms with Gasteiger partial charge in [0.2, 0.25) is 0 Å². The minimum Gasteiger partial charge on any atom is -0.322 e. The summed E-state index contributed by atoms with van der Waals surface area (Å²) in [5.74, 6) is 2.12. The summed E-state index contributed by atoms with van der Waals surface area (Å²) in [5, 5.41) is 2.91. The Balaban J connectivity index is 1.31. The van der Waals surface area contributed by atoms with Crippen LogP contribution in [0.15, 0.2) is 83.8 Å². The Bertz CT molecular complexity index is 1160. The van der Waals surface area contributed by atoms with Gasteiger partial charge in [-0.15, -0.1) is 0 Å². The second kappa shape index (κ2) is 11.0. The van der Waals surface area contributed by atoms with Crippen LogP contribution in [0.2, 0.25) is 0 Å². The van der Waals surface area contributed by atoms with Gasteiger partial charge in [-0.2, -0.15) is 11.8 Å². The van der Waals surface area contributed by atoms with Gasteiger partial charge >= 0.3 is 0 Å².